The van der Waals surface area contributed by atoms with Gasteiger partial charge in [0.15, 0.2) is 6.61 Å². The highest BCUT2D eigenvalue weighted by atomic mass is 35.5. The molecule has 0 saturated carbocycles. The second kappa shape index (κ2) is 9.75. The van der Waals surface area contributed by atoms with Crippen LogP contribution in [-0.4, -0.2) is 18.6 Å². The molecule has 0 amide bonds. The van der Waals surface area contributed by atoms with E-state index in [9.17, 15) is 13.2 Å². The largest absolute Gasteiger partial charge is 0.483 e. The van der Waals surface area contributed by atoms with Crippen LogP contribution in [0, 0.1) is 0 Å². The molecule has 0 saturated heterocycles. The minimum Gasteiger partial charge on any atom is -0.483 e. The van der Waals surface area contributed by atoms with Gasteiger partial charge in [0.1, 0.15) is 17.6 Å². The van der Waals surface area contributed by atoms with Gasteiger partial charge >= 0.3 is 6.18 Å². The molecule has 1 N–H and O–H groups in total. The van der Waals surface area contributed by atoms with Crippen LogP contribution in [0.15, 0.2) is 71.7 Å². The first kappa shape index (κ1) is 25.4. The van der Waals surface area contributed by atoms with E-state index in [1.807, 2.05) is 51.1 Å². The maximum atomic E-state index is 13.0. The standard InChI is InChI=1S/C27H25Cl2F3N2O/c1-26(2,3)18-8-13-21(22(14-18)35-15-27(30,31)32)25-33-23(16-4-9-19(28)10-5-16)24(34-25)17-6-11-20(29)12-7-17/h4-14,23-24H,15H2,1-3H3,(H,33,34)/t23-,24?/m1/s1. The van der Waals surface area contributed by atoms with Crippen molar-refractivity contribution in [2.24, 2.45) is 4.99 Å². The molecule has 2 atom stereocenters. The Balaban J connectivity index is 1.77. The Bertz CT molecular complexity index is 1220. The molecule has 4 rings (SSSR count). The molecule has 0 aromatic heterocycles. The highest BCUT2D eigenvalue weighted by Gasteiger charge is 2.34. The van der Waals surface area contributed by atoms with Gasteiger partial charge in [-0.1, -0.05) is 74.3 Å². The van der Waals surface area contributed by atoms with Gasteiger partial charge in [-0.25, -0.2) is 0 Å². The van der Waals surface area contributed by atoms with Crippen LogP contribution >= 0.6 is 23.2 Å². The van der Waals surface area contributed by atoms with Gasteiger partial charge in [-0.3, -0.25) is 4.99 Å². The molecule has 0 fully saturated rings. The number of hydrogen-bond acceptors (Lipinski definition) is 3. The average molecular weight is 521 g/mol. The summed E-state index contributed by atoms with van der Waals surface area (Å²) >= 11 is 12.2. The van der Waals surface area contributed by atoms with E-state index in [4.69, 9.17) is 32.9 Å². The van der Waals surface area contributed by atoms with Crippen LogP contribution < -0.4 is 10.1 Å². The smallest absolute Gasteiger partial charge is 0.422 e. The molecule has 0 bridgehead atoms. The zero-order valence-corrected chi connectivity index (χ0v) is 21.0. The zero-order chi connectivity index (χ0) is 25.4. The first-order valence-electron chi connectivity index (χ1n) is 11.1. The van der Waals surface area contributed by atoms with Crippen LogP contribution in [-0.2, 0) is 5.41 Å². The highest BCUT2D eigenvalue weighted by molar-refractivity contribution is 6.30. The molecule has 1 aliphatic rings. The molecule has 184 valence electrons. The second-order valence-corrected chi connectivity index (χ2v) is 10.4. The monoisotopic (exact) mass is 520 g/mol. The summed E-state index contributed by atoms with van der Waals surface area (Å²) in [6.45, 7) is 4.60. The van der Waals surface area contributed by atoms with E-state index in [0.29, 0.717) is 21.4 Å². The van der Waals surface area contributed by atoms with Gasteiger partial charge in [0.2, 0.25) is 0 Å². The third-order valence-corrected chi connectivity index (χ3v) is 6.31. The lowest BCUT2D eigenvalue weighted by atomic mass is 9.86. The van der Waals surface area contributed by atoms with E-state index in [2.05, 4.69) is 5.32 Å². The number of aliphatic imine (C=N–C) groups is 1. The number of halogens is 5. The summed E-state index contributed by atoms with van der Waals surface area (Å²) in [7, 11) is 0. The summed E-state index contributed by atoms with van der Waals surface area (Å²) < 4.78 is 44.4. The molecule has 1 unspecified atom stereocenters. The Hall–Kier alpha value is -2.70. The van der Waals surface area contributed by atoms with Gasteiger partial charge in [0.05, 0.1) is 11.6 Å². The number of nitrogens with zero attached hydrogens (tertiary/aromatic N) is 1. The zero-order valence-electron chi connectivity index (χ0n) is 19.5. The van der Waals surface area contributed by atoms with Crippen molar-refractivity contribution in [3.8, 4) is 5.75 Å². The van der Waals surface area contributed by atoms with Crippen LogP contribution in [0.3, 0.4) is 0 Å². The summed E-state index contributed by atoms with van der Waals surface area (Å²) in [4.78, 5) is 4.90. The molecule has 0 spiro atoms. The van der Waals surface area contributed by atoms with E-state index in [0.717, 1.165) is 16.7 Å². The quantitative estimate of drug-likeness (QED) is 0.369. The Morgan fingerprint density at radius 2 is 1.43 bits per heavy atom. The maximum absolute atomic E-state index is 13.0. The molecule has 3 aromatic rings. The maximum Gasteiger partial charge on any atom is 0.422 e. The van der Waals surface area contributed by atoms with E-state index < -0.39 is 12.8 Å². The Labute approximate surface area is 212 Å². The molecule has 3 aromatic carbocycles. The van der Waals surface area contributed by atoms with Gasteiger partial charge in [-0.05, 0) is 58.5 Å². The lowest BCUT2D eigenvalue weighted by Crippen LogP contribution is -2.27. The predicted octanol–water partition coefficient (Wildman–Crippen LogP) is 8.06. The van der Waals surface area contributed by atoms with Crippen LogP contribution in [0.4, 0.5) is 13.2 Å². The summed E-state index contributed by atoms with van der Waals surface area (Å²) in [5, 5.41) is 4.63. The SMILES string of the molecule is CC(C)(C)c1ccc(C2=NC(c3ccc(Cl)cc3)[C@@H](c3ccc(Cl)cc3)N2)c(OCC(F)(F)F)c1. The van der Waals surface area contributed by atoms with E-state index in [1.165, 1.54) is 0 Å². The van der Waals surface area contributed by atoms with Crippen LogP contribution in [0.2, 0.25) is 10.0 Å². The molecule has 1 aliphatic heterocycles. The van der Waals surface area contributed by atoms with Crippen molar-refractivity contribution in [2.75, 3.05) is 6.61 Å². The van der Waals surface area contributed by atoms with Crippen molar-refractivity contribution in [1.82, 2.24) is 5.32 Å². The first-order chi connectivity index (χ1) is 16.4. The van der Waals surface area contributed by atoms with Crippen LogP contribution in [0.5, 0.6) is 5.75 Å². The number of hydrogen-bond donors (Lipinski definition) is 1. The molecular weight excluding hydrogens is 496 g/mol. The van der Waals surface area contributed by atoms with Gasteiger partial charge in [0, 0.05) is 10.0 Å². The number of rotatable bonds is 5. The van der Waals surface area contributed by atoms with Gasteiger partial charge in [-0.15, -0.1) is 0 Å². The van der Waals surface area contributed by atoms with Crippen molar-refractivity contribution in [3.05, 3.63) is 99.0 Å². The lowest BCUT2D eigenvalue weighted by molar-refractivity contribution is -0.153. The number of nitrogens with one attached hydrogen (secondary N) is 1. The number of ether oxygens (including phenoxy) is 1. The minimum atomic E-state index is -4.46. The van der Waals surface area contributed by atoms with Crippen LogP contribution in [0.25, 0.3) is 0 Å². The lowest BCUT2D eigenvalue weighted by Gasteiger charge is -2.22. The second-order valence-electron chi connectivity index (χ2n) is 9.51. The van der Waals surface area contributed by atoms with Gasteiger partial charge in [-0.2, -0.15) is 13.2 Å². The fourth-order valence-electron chi connectivity index (χ4n) is 3.95. The van der Waals surface area contributed by atoms with E-state index in [1.54, 1.807) is 36.4 Å². The summed E-state index contributed by atoms with van der Waals surface area (Å²) in [5.41, 5.74) is 2.92. The summed E-state index contributed by atoms with van der Waals surface area (Å²) in [6, 6.07) is 19.5. The average Bonchev–Trinajstić information content (AvgIpc) is 3.22. The fourth-order valence-corrected chi connectivity index (χ4v) is 4.20. The normalized spacial score (nSPS) is 18.2. The van der Waals surface area contributed by atoms with Crippen molar-refractivity contribution in [2.45, 2.75) is 44.4 Å². The summed E-state index contributed by atoms with van der Waals surface area (Å²) in [5.74, 6) is 0.593. The molecule has 35 heavy (non-hydrogen) atoms. The topological polar surface area (TPSA) is 33.6 Å². The highest BCUT2D eigenvalue weighted by Crippen LogP contribution is 2.39. The fraction of sp³-hybridized carbons (Fsp3) is 0.296. The Morgan fingerprint density at radius 3 is 1.97 bits per heavy atom. The van der Waals surface area contributed by atoms with Gasteiger partial charge in [0.25, 0.3) is 0 Å². The first-order valence-corrected chi connectivity index (χ1v) is 11.9. The molecule has 8 heteroatoms. The molecule has 0 aliphatic carbocycles. The molecule has 0 radical (unpaired) electrons. The van der Waals surface area contributed by atoms with E-state index in [-0.39, 0.29) is 23.2 Å². The van der Waals surface area contributed by atoms with Gasteiger partial charge < -0.3 is 10.1 Å². The molecule has 3 nitrogen and oxygen atoms in total. The van der Waals surface area contributed by atoms with Crippen molar-refractivity contribution in [3.63, 3.8) is 0 Å². The summed E-state index contributed by atoms with van der Waals surface area (Å²) in [6.07, 6.45) is -4.46. The number of amidine groups is 1. The Morgan fingerprint density at radius 1 is 0.857 bits per heavy atom. The van der Waals surface area contributed by atoms with Crippen LogP contribution in [0.1, 0.15) is 55.1 Å². The molecule has 1 heterocycles. The molecular formula is C27H25Cl2F3N2O. The van der Waals surface area contributed by atoms with E-state index >= 15 is 0 Å². The predicted molar refractivity (Wildman–Crippen MR) is 135 cm³/mol. The third kappa shape index (κ3) is 6.11. The third-order valence-electron chi connectivity index (χ3n) is 5.81. The number of alkyl halides is 3. The number of benzene rings is 3. The van der Waals surface area contributed by atoms with Crippen molar-refractivity contribution in [1.29, 1.82) is 0 Å². The van der Waals surface area contributed by atoms with Crippen molar-refractivity contribution >= 4 is 29.0 Å². The van der Waals surface area contributed by atoms with Crippen molar-refractivity contribution < 1.29 is 17.9 Å². The minimum absolute atomic E-state index is 0.132. The Kier molecular flexibility index (Phi) is 7.07.